The van der Waals surface area contributed by atoms with E-state index in [-0.39, 0.29) is 5.91 Å². The second kappa shape index (κ2) is 6.80. The van der Waals surface area contributed by atoms with Gasteiger partial charge in [0, 0.05) is 37.2 Å². The van der Waals surface area contributed by atoms with Crippen LogP contribution in [0.25, 0.3) is 5.69 Å². The number of carbonyl (C=O) groups excluding carboxylic acids is 1. The fraction of sp³-hybridized carbons (Fsp3) is 0.105. The molecule has 5 heteroatoms. The normalized spacial score (nSPS) is 10.2. The molecule has 24 heavy (non-hydrogen) atoms. The van der Waals surface area contributed by atoms with Gasteiger partial charge in [-0.25, -0.2) is 4.98 Å². The van der Waals surface area contributed by atoms with Crippen LogP contribution < -0.4 is 0 Å². The zero-order valence-electron chi connectivity index (χ0n) is 13.3. The van der Waals surface area contributed by atoms with Gasteiger partial charge in [0.25, 0.3) is 5.91 Å². The van der Waals surface area contributed by atoms with Crippen molar-refractivity contribution in [1.82, 2.24) is 14.5 Å². The molecule has 0 bridgehead atoms. The lowest BCUT2D eigenvalue weighted by molar-refractivity contribution is 0.0785. The topological polar surface area (TPSA) is 61.9 Å². The molecule has 3 aromatic rings. The monoisotopic (exact) mass is 316 g/mol. The van der Waals surface area contributed by atoms with Crippen LogP contribution >= 0.6 is 0 Å². The minimum Gasteiger partial charge on any atom is -0.337 e. The lowest BCUT2D eigenvalue weighted by atomic mass is 10.1. The van der Waals surface area contributed by atoms with Gasteiger partial charge in [0.05, 0.1) is 18.0 Å². The number of carbonyl (C=O) groups is 1. The Hall–Kier alpha value is -3.39. The third-order valence-electron chi connectivity index (χ3n) is 3.77. The van der Waals surface area contributed by atoms with Crippen LogP contribution in [0.2, 0.25) is 0 Å². The summed E-state index contributed by atoms with van der Waals surface area (Å²) < 4.78 is 1.88. The summed E-state index contributed by atoms with van der Waals surface area (Å²) >= 11 is 0. The smallest absolute Gasteiger partial charge is 0.253 e. The molecule has 2 aromatic carbocycles. The number of amides is 1. The van der Waals surface area contributed by atoms with Gasteiger partial charge in [0.15, 0.2) is 0 Å². The van der Waals surface area contributed by atoms with Crippen molar-refractivity contribution < 1.29 is 4.79 Å². The van der Waals surface area contributed by atoms with Crippen molar-refractivity contribution in [1.29, 1.82) is 5.26 Å². The molecule has 5 nitrogen and oxygen atoms in total. The Morgan fingerprint density at radius 2 is 1.88 bits per heavy atom. The lowest BCUT2D eigenvalue weighted by Crippen LogP contribution is -2.26. The van der Waals surface area contributed by atoms with E-state index in [1.807, 2.05) is 47.2 Å². The van der Waals surface area contributed by atoms with Gasteiger partial charge >= 0.3 is 0 Å². The van der Waals surface area contributed by atoms with Crippen LogP contribution in [0.1, 0.15) is 21.5 Å². The molecular weight excluding hydrogens is 300 g/mol. The van der Waals surface area contributed by atoms with Crippen molar-refractivity contribution in [3.05, 3.63) is 83.9 Å². The Kier molecular flexibility index (Phi) is 4.39. The highest BCUT2D eigenvalue weighted by Gasteiger charge is 2.12. The van der Waals surface area contributed by atoms with Gasteiger partial charge in [-0.05, 0) is 42.0 Å². The van der Waals surface area contributed by atoms with E-state index in [0.29, 0.717) is 17.7 Å². The van der Waals surface area contributed by atoms with E-state index in [9.17, 15) is 4.79 Å². The van der Waals surface area contributed by atoms with Gasteiger partial charge in [-0.1, -0.05) is 12.1 Å². The first-order valence-corrected chi connectivity index (χ1v) is 7.50. The number of aromatic nitrogens is 2. The van der Waals surface area contributed by atoms with Gasteiger partial charge in [-0.15, -0.1) is 0 Å². The summed E-state index contributed by atoms with van der Waals surface area (Å²) in [4.78, 5) is 18.2. The molecule has 0 spiro atoms. The van der Waals surface area contributed by atoms with Crippen LogP contribution in [-0.2, 0) is 6.54 Å². The quantitative estimate of drug-likeness (QED) is 0.743. The van der Waals surface area contributed by atoms with Crippen molar-refractivity contribution in [2.45, 2.75) is 6.54 Å². The predicted octanol–water partition coefficient (Wildman–Crippen LogP) is 3.02. The zero-order chi connectivity index (χ0) is 16.9. The summed E-state index contributed by atoms with van der Waals surface area (Å²) in [7, 11) is 1.77. The molecule has 3 rings (SSSR count). The average molecular weight is 316 g/mol. The fourth-order valence-corrected chi connectivity index (χ4v) is 2.44. The second-order valence-electron chi connectivity index (χ2n) is 5.49. The summed E-state index contributed by atoms with van der Waals surface area (Å²) in [5.41, 5.74) is 3.19. The summed E-state index contributed by atoms with van der Waals surface area (Å²) in [6.07, 6.45) is 5.28. The van der Waals surface area contributed by atoms with Gasteiger partial charge < -0.3 is 9.47 Å². The molecule has 0 aliphatic rings. The van der Waals surface area contributed by atoms with Crippen molar-refractivity contribution in [3.63, 3.8) is 0 Å². The summed E-state index contributed by atoms with van der Waals surface area (Å²) in [5.74, 6) is -0.0449. The van der Waals surface area contributed by atoms with Crippen LogP contribution in [-0.4, -0.2) is 27.4 Å². The first-order valence-electron chi connectivity index (χ1n) is 7.50. The molecule has 0 fully saturated rings. The summed E-state index contributed by atoms with van der Waals surface area (Å²) in [5, 5.41) is 8.82. The molecule has 1 aromatic heterocycles. The van der Waals surface area contributed by atoms with Gasteiger partial charge in [-0.2, -0.15) is 5.26 Å². The number of nitriles is 1. The van der Waals surface area contributed by atoms with Crippen LogP contribution in [0.4, 0.5) is 0 Å². The maximum atomic E-state index is 12.5. The molecule has 0 atom stereocenters. The van der Waals surface area contributed by atoms with Gasteiger partial charge in [0.1, 0.15) is 0 Å². The molecule has 0 saturated carbocycles. The molecule has 0 unspecified atom stereocenters. The zero-order valence-corrected chi connectivity index (χ0v) is 13.3. The average Bonchev–Trinajstić information content (AvgIpc) is 3.16. The van der Waals surface area contributed by atoms with E-state index in [0.717, 1.165) is 11.3 Å². The van der Waals surface area contributed by atoms with Crippen molar-refractivity contribution in [2.24, 2.45) is 0 Å². The standard InChI is InChI=1S/C19H16N4O/c1-22(13-16-4-2-15(12-20)3-5-16)19(24)17-6-8-18(9-7-17)23-11-10-21-14-23/h2-11,14H,13H2,1H3. The molecule has 0 saturated heterocycles. The number of nitrogens with zero attached hydrogens (tertiary/aromatic N) is 4. The number of rotatable bonds is 4. The second-order valence-corrected chi connectivity index (χ2v) is 5.49. The van der Waals surface area contributed by atoms with Crippen molar-refractivity contribution in [2.75, 3.05) is 7.05 Å². The highest BCUT2D eigenvalue weighted by Crippen LogP contribution is 2.13. The highest BCUT2D eigenvalue weighted by molar-refractivity contribution is 5.94. The van der Waals surface area contributed by atoms with Gasteiger partial charge in [0.2, 0.25) is 0 Å². The Bertz CT molecular complexity index is 859. The van der Waals surface area contributed by atoms with Crippen LogP contribution in [0.5, 0.6) is 0 Å². The number of hydrogen-bond acceptors (Lipinski definition) is 3. The van der Waals surface area contributed by atoms with Crippen molar-refractivity contribution >= 4 is 5.91 Å². The molecule has 1 heterocycles. The Balaban J connectivity index is 1.69. The molecule has 1 amide bonds. The predicted molar refractivity (Wildman–Crippen MR) is 90.5 cm³/mol. The molecule has 0 N–H and O–H groups in total. The lowest BCUT2D eigenvalue weighted by Gasteiger charge is -2.17. The maximum Gasteiger partial charge on any atom is 0.253 e. The Labute approximate surface area is 140 Å². The third-order valence-corrected chi connectivity index (χ3v) is 3.77. The third kappa shape index (κ3) is 3.33. The molecule has 118 valence electrons. The Morgan fingerprint density at radius 3 is 2.46 bits per heavy atom. The number of imidazole rings is 1. The van der Waals surface area contributed by atoms with Crippen LogP contribution in [0, 0.1) is 11.3 Å². The minimum atomic E-state index is -0.0449. The molecular formula is C19H16N4O. The van der Waals surface area contributed by atoms with Crippen molar-refractivity contribution in [3.8, 4) is 11.8 Å². The first kappa shape index (κ1) is 15.5. The van der Waals surface area contributed by atoms with Crippen LogP contribution in [0.15, 0.2) is 67.3 Å². The SMILES string of the molecule is CN(Cc1ccc(C#N)cc1)C(=O)c1ccc(-n2ccnc2)cc1. The highest BCUT2D eigenvalue weighted by atomic mass is 16.2. The van der Waals surface area contributed by atoms with E-state index in [1.54, 1.807) is 36.6 Å². The van der Waals surface area contributed by atoms with E-state index in [4.69, 9.17) is 5.26 Å². The molecule has 0 aliphatic heterocycles. The van der Waals surface area contributed by atoms with E-state index >= 15 is 0 Å². The maximum absolute atomic E-state index is 12.5. The van der Waals surface area contributed by atoms with E-state index < -0.39 is 0 Å². The summed E-state index contributed by atoms with van der Waals surface area (Å²) in [6.45, 7) is 0.494. The first-order chi connectivity index (χ1) is 11.7. The molecule has 0 radical (unpaired) electrons. The molecule has 0 aliphatic carbocycles. The minimum absolute atomic E-state index is 0.0449. The summed E-state index contributed by atoms with van der Waals surface area (Å²) in [6, 6.07) is 16.7. The number of benzene rings is 2. The van der Waals surface area contributed by atoms with Crippen LogP contribution in [0.3, 0.4) is 0 Å². The number of hydrogen-bond donors (Lipinski definition) is 0. The van der Waals surface area contributed by atoms with E-state index in [2.05, 4.69) is 11.1 Å². The fourth-order valence-electron chi connectivity index (χ4n) is 2.44. The van der Waals surface area contributed by atoms with Gasteiger partial charge in [-0.3, -0.25) is 4.79 Å². The van der Waals surface area contributed by atoms with E-state index in [1.165, 1.54) is 0 Å². The largest absolute Gasteiger partial charge is 0.337 e. The Morgan fingerprint density at radius 1 is 1.17 bits per heavy atom.